The molecule has 1 heteroatoms. The average molecular weight is 203 g/mol. The number of aryl methyl sites for hydroxylation is 1. The molecule has 1 fully saturated rings. The lowest BCUT2D eigenvalue weighted by Gasteiger charge is -2.32. The molecule has 15 heavy (non-hydrogen) atoms. The molecule has 0 aromatic heterocycles. The number of benzene rings is 1. The molecule has 1 aromatic carbocycles. The van der Waals surface area contributed by atoms with E-state index in [-0.39, 0.29) is 0 Å². The number of piperidine rings is 1. The molecule has 0 aliphatic carbocycles. The van der Waals surface area contributed by atoms with Gasteiger partial charge in [0.1, 0.15) is 0 Å². The largest absolute Gasteiger partial charge is 0.372 e. The molecule has 82 valence electrons. The molecule has 0 unspecified atom stereocenters. The van der Waals surface area contributed by atoms with Crippen molar-refractivity contribution >= 4 is 5.69 Å². The minimum Gasteiger partial charge on any atom is -0.372 e. The zero-order chi connectivity index (χ0) is 10.7. The first-order chi connectivity index (χ1) is 7.29. The molecule has 1 saturated heterocycles. The fraction of sp³-hybridized carbons (Fsp3) is 0.571. The van der Waals surface area contributed by atoms with E-state index in [4.69, 9.17) is 0 Å². The third-order valence-electron chi connectivity index (χ3n) is 3.47. The van der Waals surface area contributed by atoms with Crippen molar-refractivity contribution in [2.24, 2.45) is 5.92 Å². The van der Waals surface area contributed by atoms with Crippen molar-refractivity contribution < 1.29 is 0 Å². The van der Waals surface area contributed by atoms with Gasteiger partial charge in [0.05, 0.1) is 0 Å². The summed E-state index contributed by atoms with van der Waals surface area (Å²) in [6.45, 7) is 7.04. The Bertz CT molecular complexity index is 311. The summed E-state index contributed by atoms with van der Waals surface area (Å²) in [4.78, 5) is 2.53. The van der Waals surface area contributed by atoms with Gasteiger partial charge in [-0.15, -0.1) is 0 Å². The van der Waals surface area contributed by atoms with Gasteiger partial charge in [-0.05, 0) is 42.9 Å². The molecule has 1 aliphatic heterocycles. The SMILES string of the molecule is CCc1cccc(N2CCC(C)CC2)c1. The van der Waals surface area contributed by atoms with Gasteiger partial charge in [0.15, 0.2) is 0 Å². The van der Waals surface area contributed by atoms with E-state index in [1.54, 1.807) is 0 Å². The summed E-state index contributed by atoms with van der Waals surface area (Å²) >= 11 is 0. The molecule has 1 aromatic rings. The van der Waals surface area contributed by atoms with Gasteiger partial charge in [0.25, 0.3) is 0 Å². The Hall–Kier alpha value is -0.980. The molecular formula is C14H21N. The summed E-state index contributed by atoms with van der Waals surface area (Å²) in [7, 11) is 0. The molecule has 0 amide bonds. The number of hydrogen-bond donors (Lipinski definition) is 0. The maximum atomic E-state index is 2.53. The molecular weight excluding hydrogens is 182 g/mol. The summed E-state index contributed by atoms with van der Waals surface area (Å²) in [5, 5.41) is 0. The highest BCUT2D eigenvalue weighted by atomic mass is 15.1. The summed E-state index contributed by atoms with van der Waals surface area (Å²) in [6.07, 6.45) is 3.82. The molecule has 1 aliphatic rings. The van der Waals surface area contributed by atoms with E-state index in [2.05, 4.69) is 43.0 Å². The first kappa shape index (κ1) is 10.5. The van der Waals surface area contributed by atoms with Crippen molar-refractivity contribution in [2.75, 3.05) is 18.0 Å². The Morgan fingerprint density at radius 3 is 2.67 bits per heavy atom. The van der Waals surface area contributed by atoms with Crippen LogP contribution in [0.25, 0.3) is 0 Å². The van der Waals surface area contributed by atoms with Crippen molar-refractivity contribution in [3.8, 4) is 0 Å². The third-order valence-corrected chi connectivity index (χ3v) is 3.47. The Kier molecular flexibility index (Phi) is 3.30. The lowest BCUT2D eigenvalue weighted by molar-refractivity contribution is 0.438. The van der Waals surface area contributed by atoms with E-state index < -0.39 is 0 Å². The second kappa shape index (κ2) is 4.69. The van der Waals surface area contributed by atoms with Gasteiger partial charge in [-0.2, -0.15) is 0 Å². The standard InChI is InChI=1S/C14H21N/c1-3-13-5-4-6-14(11-13)15-9-7-12(2)8-10-15/h4-6,11-12H,3,7-10H2,1-2H3. The van der Waals surface area contributed by atoms with E-state index in [0.29, 0.717) is 0 Å². The average Bonchev–Trinajstić information content (AvgIpc) is 2.30. The van der Waals surface area contributed by atoms with Gasteiger partial charge in [-0.25, -0.2) is 0 Å². The summed E-state index contributed by atoms with van der Waals surface area (Å²) < 4.78 is 0. The number of rotatable bonds is 2. The Morgan fingerprint density at radius 1 is 1.27 bits per heavy atom. The highest BCUT2D eigenvalue weighted by Crippen LogP contribution is 2.23. The highest BCUT2D eigenvalue weighted by molar-refractivity contribution is 5.48. The fourth-order valence-electron chi connectivity index (χ4n) is 2.24. The van der Waals surface area contributed by atoms with Crippen LogP contribution in [0.15, 0.2) is 24.3 Å². The van der Waals surface area contributed by atoms with Crippen LogP contribution >= 0.6 is 0 Å². The second-order valence-corrected chi connectivity index (χ2v) is 4.69. The maximum Gasteiger partial charge on any atom is 0.0368 e. The number of anilines is 1. The van der Waals surface area contributed by atoms with E-state index in [9.17, 15) is 0 Å². The predicted octanol–water partition coefficient (Wildman–Crippen LogP) is 3.49. The van der Waals surface area contributed by atoms with Crippen molar-refractivity contribution in [3.05, 3.63) is 29.8 Å². The van der Waals surface area contributed by atoms with Crippen LogP contribution in [-0.4, -0.2) is 13.1 Å². The molecule has 0 saturated carbocycles. The van der Waals surface area contributed by atoms with Gasteiger partial charge in [-0.1, -0.05) is 26.0 Å². The lowest BCUT2D eigenvalue weighted by Crippen LogP contribution is -2.32. The molecule has 2 rings (SSSR count). The van der Waals surface area contributed by atoms with Gasteiger partial charge in [0, 0.05) is 18.8 Å². The zero-order valence-corrected chi connectivity index (χ0v) is 9.87. The van der Waals surface area contributed by atoms with Gasteiger partial charge in [-0.3, -0.25) is 0 Å². The minimum absolute atomic E-state index is 0.913. The maximum absolute atomic E-state index is 2.53. The third kappa shape index (κ3) is 2.53. The summed E-state index contributed by atoms with van der Waals surface area (Å²) in [5.41, 5.74) is 2.87. The van der Waals surface area contributed by atoms with Crippen LogP contribution < -0.4 is 4.90 Å². The van der Waals surface area contributed by atoms with E-state index in [1.165, 1.54) is 37.2 Å². The highest BCUT2D eigenvalue weighted by Gasteiger charge is 2.15. The smallest absolute Gasteiger partial charge is 0.0368 e. The fourth-order valence-corrected chi connectivity index (χ4v) is 2.24. The molecule has 0 atom stereocenters. The van der Waals surface area contributed by atoms with Gasteiger partial charge >= 0.3 is 0 Å². The minimum atomic E-state index is 0.913. The topological polar surface area (TPSA) is 3.24 Å². The van der Waals surface area contributed by atoms with Gasteiger partial charge in [0.2, 0.25) is 0 Å². The van der Waals surface area contributed by atoms with Crippen molar-refractivity contribution in [1.29, 1.82) is 0 Å². The van der Waals surface area contributed by atoms with Crippen molar-refractivity contribution in [2.45, 2.75) is 33.1 Å². The van der Waals surface area contributed by atoms with Crippen LogP contribution in [-0.2, 0) is 6.42 Å². The van der Waals surface area contributed by atoms with Crippen molar-refractivity contribution in [1.82, 2.24) is 0 Å². The van der Waals surface area contributed by atoms with E-state index >= 15 is 0 Å². The summed E-state index contributed by atoms with van der Waals surface area (Å²) in [6, 6.07) is 8.99. The van der Waals surface area contributed by atoms with Crippen LogP contribution in [0.1, 0.15) is 32.3 Å². The quantitative estimate of drug-likeness (QED) is 0.711. The molecule has 0 bridgehead atoms. The first-order valence-electron chi connectivity index (χ1n) is 6.13. The lowest BCUT2D eigenvalue weighted by atomic mass is 9.98. The number of hydrogen-bond acceptors (Lipinski definition) is 1. The first-order valence-corrected chi connectivity index (χ1v) is 6.13. The predicted molar refractivity (Wildman–Crippen MR) is 66.4 cm³/mol. The molecule has 0 spiro atoms. The number of nitrogens with zero attached hydrogens (tertiary/aromatic N) is 1. The molecule has 1 nitrogen and oxygen atoms in total. The molecule has 1 heterocycles. The Balaban J connectivity index is 2.08. The van der Waals surface area contributed by atoms with Crippen LogP contribution in [0.5, 0.6) is 0 Å². The van der Waals surface area contributed by atoms with E-state index in [1.807, 2.05) is 0 Å². The monoisotopic (exact) mass is 203 g/mol. The Labute approximate surface area is 93.1 Å². The van der Waals surface area contributed by atoms with Crippen LogP contribution in [0.3, 0.4) is 0 Å². The van der Waals surface area contributed by atoms with E-state index in [0.717, 1.165) is 12.3 Å². The van der Waals surface area contributed by atoms with Crippen LogP contribution in [0.2, 0.25) is 0 Å². The summed E-state index contributed by atoms with van der Waals surface area (Å²) in [5.74, 6) is 0.913. The second-order valence-electron chi connectivity index (χ2n) is 4.69. The molecule has 0 N–H and O–H groups in total. The van der Waals surface area contributed by atoms with Crippen molar-refractivity contribution in [3.63, 3.8) is 0 Å². The zero-order valence-electron chi connectivity index (χ0n) is 9.87. The van der Waals surface area contributed by atoms with Gasteiger partial charge < -0.3 is 4.90 Å². The van der Waals surface area contributed by atoms with Crippen LogP contribution in [0, 0.1) is 5.92 Å². The van der Waals surface area contributed by atoms with Crippen LogP contribution in [0.4, 0.5) is 5.69 Å². The Morgan fingerprint density at radius 2 is 2.00 bits per heavy atom. The molecule has 0 radical (unpaired) electrons. The normalized spacial score (nSPS) is 18.1.